The third-order valence-corrected chi connectivity index (χ3v) is 5.93. The monoisotopic (exact) mass is 363 g/mol. The smallest absolute Gasteiger partial charge is 0.240 e. The van der Waals surface area contributed by atoms with Gasteiger partial charge >= 0.3 is 0 Å². The first kappa shape index (κ1) is 20.0. The van der Waals surface area contributed by atoms with Gasteiger partial charge in [-0.05, 0) is 58.5 Å². The molecule has 9 heteroatoms. The van der Waals surface area contributed by atoms with E-state index in [2.05, 4.69) is 23.5 Å². The van der Waals surface area contributed by atoms with Crippen LogP contribution in [-0.2, 0) is 20.0 Å². The maximum absolute atomic E-state index is 12.2. The van der Waals surface area contributed by atoms with Crippen LogP contribution in [0.3, 0.4) is 0 Å². The van der Waals surface area contributed by atoms with E-state index in [4.69, 9.17) is 5.14 Å². The summed E-state index contributed by atoms with van der Waals surface area (Å²) in [5, 5.41) is 5.01. The van der Waals surface area contributed by atoms with Gasteiger partial charge in [0.05, 0.1) is 9.79 Å². The van der Waals surface area contributed by atoms with Gasteiger partial charge in [0.2, 0.25) is 20.0 Å². The van der Waals surface area contributed by atoms with Crippen LogP contribution < -0.4 is 9.86 Å². The second kappa shape index (κ2) is 8.20. The van der Waals surface area contributed by atoms with Crippen LogP contribution in [0.5, 0.6) is 0 Å². The third kappa shape index (κ3) is 6.56. The fourth-order valence-corrected chi connectivity index (χ4v) is 3.61. The number of rotatable bonds is 9. The first-order valence-electron chi connectivity index (χ1n) is 7.37. The fourth-order valence-electron chi connectivity index (χ4n) is 1.85. The Kier molecular flexibility index (Phi) is 7.15. The molecule has 0 aliphatic rings. The lowest BCUT2D eigenvalue weighted by Gasteiger charge is -2.20. The van der Waals surface area contributed by atoms with Gasteiger partial charge in [-0.15, -0.1) is 0 Å². The number of nitrogens with two attached hydrogens (primary N) is 1. The zero-order valence-electron chi connectivity index (χ0n) is 13.7. The molecule has 1 aromatic rings. The number of unbranched alkanes of at least 4 members (excludes halogenated alkanes) is 1. The van der Waals surface area contributed by atoms with Crippen molar-refractivity contribution < 1.29 is 16.8 Å². The number of nitrogens with zero attached hydrogens (tertiary/aromatic N) is 1. The molecule has 7 nitrogen and oxygen atoms in total. The molecule has 1 aromatic carbocycles. The quantitative estimate of drug-likeness (QED) is 0.629. The maximum atomic E-state index is 12.2. The van der Waals surface area contributed by atoms with Gasteiger partial charge in [0.1, 0.15) is 0 Å². The van der Waals surface area contributed by atoms with E-state index in [1.807, 2.05) is 7.05 Å². The lowest BCUT2D eigenvalue weighted by Crippen LogP contribution is -2.29. The minimum Gasteiger partial charge on any atom is -0.304 e. The zero-order chi connectivity index (χ0) is 17.7. The van der Waals surface area contributed by atoms with Gasteiger partial charge in [0.25, 0.3) is 0 Å². The summed E-state index contributed by atoms with van der Waals surface area (Å²) >= 11 is 0. The molecular formula is C14H25N3O4S2. The van der Waals surface area contributed by atoms with Crippen LogP contribution in [0.25, 0.3) is 0 Å². The van der Waals surface area contributed by atoms with Gasteiger partial charge in [0, 0.05) is 12.6 Å². The molecular weight excluding hydrogens is 338 g/mol. The predicted molar refractivity (Wildman–Crippen MR) is 90.0 cm³/mol. The van der Waals surface area contributed by atoms with Gasteiger partial charge in [-0.2, -0.15) is 0 Å². The largest absolute Gasteiger partial charge is 0.304 e. The average molecular weight is 364 g/mol. The molecule has 132 valence electrons. The second-order valence-electron chi connectivity index (χ2n) is 5.70. The molecule has 0 spiro atoms. The highest BCUT2D eigenvalue weighted by Gasteiger charge is 2.16. The third-order valence-electron chi connectivity index (χ3n) is 3.56. The molecule has 3 N–H and O–H groups in total. The molecule has 0 heterocycles. The first-order valence-corrected chi connectivity index (χ1v) is 10.4. The van der Waals surface area contributed by atoms with E-state index in [-0.39, 0.29) is 9.79 Å². The van der Waals surface area contributed by atoms with Gasteiger partial charge in [0.15, 0.2) is 0 Å². The Labute approximate surface area is 139 Å². The van der Waals surface area contributed by atoms with Crippen LogP contribution in [0.4, 0.5) is 0 Å². The van der Waals surface area contributed by atoms with Crippen molar-refractivity contribution in [2.45, 2.75) is 42.5 Å². The number of hydrogen-bond acceptors (Lipinski definition) is 5. The summed E-state index contributed by atoms with van der Waals surface area (Å²) < 4.78 is 49.4. The van der Waals surface area contributed by atoms with Crippen LogP contribution in [0.15, 0.2) is 34.1 Å². The highest BCUT2D eigenvalue weighted by atomic mass is 32.2. The highest BCUT2D eigenvalue weighted by molar-refractivity contribution is 7.90. The topological polar surface area (TPSA) is 110 Å². The van der Waals surface area contributed by atoms with Crippen molar-refractivity contribution >= 4 is 20.0 Å². The van der Waals surface area contributed by atoms with Crippen molar-refractivity contribution in [3.05, 3.63) is 24.3 Å². The molecule has 23 heavy (non-hydrogen) atoms. The zero-order valence-corrected chi connectivity index (χ0v) is 15.3. The Balaban J connectivity index is 2.60. The first-order chi connectivity index (χ1) is 10.5. The summed E-state index contributed by atoms with van der Waals surface area (Å²) in [6.45, 7) is 5.39. The number of primary sulfonamides is 1. The molecule has 0 fully saturated rings. The molecule has 0 amide bonds. The minimum atomic E-state index is -3.93. The number of sulfonamides is 2. The van der Waals surface area contributed by atoms with Crippen molar-refractivity contribution in [1.82, 2.24) is 9.62 Å². The highest BCUT2D eigenvalue weighted by Crippen LogP contribution is 2.14. The SMILES string of the molecule is CC(C)N(C)CCCCNS(=O)(=O)c1cccc(S(N)(=O)=O)c1. The summed E-state index contributed by atoms with van der Waals surface area (Å²) in [4.78, 5) is 1.85. The van der Waals surface area contributed by atoms with Crippen LogP contribution >= 0.6 is 0 Å². The van der Waals surface area contributed by atoms with Crippen molar-refractivity contribution in [2.24, 2.45) is 5.14 Å². The molecule has 0 aromatic heterocycles. The number of nitrogens with one attached hydrogen (secondary N) is 1. The number of hydrogen-bond donors (Lipinski definition) is 2. The van der Waals surface area contributed by atoms with Crippen LogP contribution in [0.2, 0.25) is 0 Å². The molecule has 1 rings (SSSR count). The van der Waals surface area contributed by atoms with Gasteiger partial charge in [-0.3, -0.25) is 0 Å². The molecule has 0 aliphatic carbocycles. The van der Waals surface area contributed by atoms with E-state index in [1.54, 1.807) is 0 Å². The predicted octanol–water partition coefficient (Wildman–Crippen LogP) is 0.733. The van der Waals surface area contributed by atoms with Crippen molar-refractivity contribution in [3.8, 4) is 0 Å². The summed E-state index contributed by atoms with van der Waals surface area (Å²) in [5.74, 6) is 0. The summed E-state index contributed by atoms with van der Waals surface area (Å²) in [5.41, 5.74) is 0. The van der Waals surface area contributed by atoms with Crippen LogP contribution in [-0.4, -0.2) is 47.9 Å². The lowest BCUT2D eigenvalue weighted by atomic mass is 10.2. The van der Waals surface area contributed by atoms with Crippen molar-refractivity contribution in [3.63, 3.8) is 0 Å². The molecule has 0 saturated carbocycles. The normalized spacial score (nSPS) is 13.0. The molecule has 0 bridgehead atoms. The molecule has 0 unspecified atom stereocenters. The van der Waals surface area contributed by atoms with Gasteiger partial charge in [-0.1, -0.05) is 6.07 Å². The lowest BCUT2D eigenvalue weighted by molar-refractivity contribution is 0.268. The Morgan fingerprint density at radius 3 is 2.30 bits per heavy atom. The standard InChI is InChI=1S/C14H25N3O4S2/c1-12(2)17(3)10-5-4-9-16-23(20,21)14-8-6-7-13(11-14)22(15,18)19/h6-8,11-12,16H,4-5,9-10H2,1-3H3,(H2,15,18,19). The van der Waals surface area contributed by atoms with E-state index >= 15 is 0 Å². The molecule has 0 saturated heterocycles. The number of benzene rings is 1. The van der Waals surface area contributed by atoms with Crippen LogP contribution in [0, 0.1) is 0 Å². The average Bonchev–Trinajstić information content (AvgIpc) is 2.45. The molecule has 0 atom stereocenters. The second-order valence-corrected chi connectivity index (χ2v) is 9.03. The van der Waals surface area contributed by atoms with Crippen molar-refractivity contribution in [2.75, 3.05) is 20.1 Å². The van der Waals surface area contributed by atoms with E-state index in [0.29, 0.717) is 19.0 Å². The van der Waals surface area contributed by atoms with E-state index in [1.165, 1.54) is 18.2 Å². The summed E-state index contributed by atoms with van der Waals surface area (Å²) in [7, 11) is -5.65. The van der Waals surface area contributed by atoms with Gasteiger partial charge < -0.3 is 4.90 Å². The fraction of sp³-hybridized carbons (Fsp3) is 0.571. The van der Waals surface area contributed by atoms with Gasteiger partial charge in [-0.25, -0.2) is 26.7 Å². The van der Waals surface area contributed by atoms with E-state index < -0.39 is 20.0 Å². The van der Waals surface area contributed by atoms with Crippen molar-refractivity contribution in [1.29, 1.82) is 0 Å². The van der Waals surface area contributed by atoms with Crippen LogP contribution in [0.1, 0.15) is 26.7 Å². The summed E-state index contributed by atoms with van der Waals surface area (Å²) in [6, 6.07) is 5.46. The Morgan fingerprint density at radius 2 is 1.74 bits per heavy atom. The molecule has 0 aliphatic heterocycles. The Morgan fingerprint density at radius 1 is 1.13 bits per heavy atom. The Bertz CT molecular complexity index is 715. The van der Waals surface area contributed by atoms with E-state index in [0.717, 1.165) is 19.0 Å². The minimum absolute atomic E-state index is 0.108. The van der Waals surface area contributed by atoms with E-state index in [9.17, 15) is 16.8 Å². The summed E-state index contributed by atoms with van der Waals surface area (Å²) in [6.07, 6.45) is 1.57. The molecule has 0 radical (unpaired) electrons. The Hall–Kier alpha value is -1.00. The maximum Gasteiger partial charge on any atom is 0.240 e.